The van der Waals surface area contributed by atoms with Crippen LogP contribution in [0.3, 0.4) is 0 Å². The van der Waals surface area contributed by atoms with Gasteiger partial charge in [-0.1, -0.05) is 0 Å². The standard InChI is InChI=1S/C12H16N2O6S.ClH/c13-6(11(17)18)1-5-2-8(15)10(16)9(3-5)21-4-7(14)12(19)20;/h2-3,6-7,15-16H,1,4,13-14H2,(H,17,18)(H,19,20);1H/t6-,7-;/m0./s1. The largest absolute Gasteiger partial charge is 0.504 e. The third kappa shape index (κ3) is 5.60. The van der Waals surface area contributed by atoms with Gasteiger partial charge >= 0.3 is 11.9 Å². The minimum atomic E-state index is -1.19. The monoisotopic (exact) mass is 352 g/mol. The highest BCUT2D eigenvalue weighted by molar-refractivity contribution is 7.99. The maximum Gasteiger partial charge on any atom is 0.321 e. The first-order valence-electron chi connectivity index (χ1n) is 5.86. The number of hydrogen-bond donors (Lipinski definition) is 6. The predicted octanol–water partition coefficient (Wildman–Crippen LogP) is -0.0220. The van der Waals surface area contributed by atoms with Gasteiger partial charge in [0.05, 0.1) is 4.90 Å². The van der Waals surface area contributed by atoms with Gasteiger partial charge in [-0.3, -0.25) is 9.59 Å². The van der Waals surface area contributed by atoms with E-state index < -0.39 is 35.5 Å². The van der Waals surface area contributed by atoms with E-state index >= 15 is 0 Å². The molecule has 8 N–H and O–H groups in total. The molecule has 0 heterocycles. The van der Waals surface area contributed by atoms with Gasteiger partial charge in [-0.2, -0.15) is 0 Å². The number of phenolic OH excluding ortho intramolecular Hbond substituents is 2. The normalized spacial score (nSPS) is 13.0. The summed E-state index contributed by atoms with van der Waals surface area (Å²) in [5.41, 5.74) is 11.2. The van der Waals surface area contributed by atoms with Gasteiger partial charge in [0.15, 0.2) is 11.5 Å². The van der Waals surface area contributed by atoms with E-state index in [1.807, 2.05) is 0 Å². The predicted molar refractivity (Wildman–Crippen MR) is 82.7 cm³/mol. The number of halogens is 1. The fourth-order valence-electron chi connectivity index (χ4n) is 1.47. The summed E-state index contributed by atoms with van der Waals surface area (Å²) in [6, 6.07) is 0.380. The number of aromatic hydroxyl groups is 2. The molecule has 0 aliphatic rings. The molecule has 0 fully saturated rings. The summed E-state index contributed by atoms with van der Waals surface area (Å²) in [5, 5.41) is 36.8. The topological polar surface area (TPSA) is 167 Å². The number of carboxylic acid groups (broad SMARTS) is 2. The second-order valence-electron chi connectivity index (χ2n) is 4.37. The molecule has 0 saturated heterocycles. The van der Waals surface area contributed by atoms with Crippen LogP contribution in [0.2, 0.25) is 0 Å². The molecule has 0 radical (unpaired) electrons. The van der Waals surface area contributed by atoms with Crippen LogP contribution >= 0.6 is 24.2 Å². The third-order valence-electron chi connectivity index (χ3n) is 2.62. The zero-order valence-corrected chi connectivity index (χ0v) is 12.9. The summed E-state index contributed by atoms with van der Waals surface area (Å²) < 4.78 is 0. The van der Waals surface area contributed by atoms with Crippen molar-refractivity contribution in [3.8, 4) is 11.5 Å². The Kier molecular flexibility index (Phi) is 8.02. The van der Waals surface area contributed by atoms with Gasteiger partial charge < -0.3 is 31.9 Å². The van der Waals surface area contributed by atoms with Gasteiger partial charge in [-0.25, -0.2) is 0 Å². The summed E-state index contributed by atoms with van der Waals surface area (Å²) in [6.45, 7) is 0. The maximum atomic E-state index is 10.7. The Bertz CT molecular complexity index is 557. The number of rotatable bonds is 7. The number of carbonyl (C=O) groups is 2. The second kappa shape index (κ2) is 8.69. The minimum Gasteiger partial charge on any atom is -0.504 e. The van der Waals surface area contributed by atoms with E-state index in [4.69, 9.17) is 21.7 Å². The summed E-state index contributed by atoms with van der Waals surface area (Å²) in [6.07, 6.45) is -0.0400. The molecule has 0 unspecified atom stereocenters. The molecular weight excluding hydrogens is 336 g/mol. The van der Waals surface area contributed by atoms with Crippen LogP contribution in [-0.2, 0) is 16.0 Å². The maximum absolute atomic E-state index is 10.7. The summed E-state index contributed by atoms with van der Waals surface area (Å²) in [5.74, 6) is -3.24. The molecule has 0 spiro atoms. The van der Waals surface area contributed by atoms with E-state index in [2.05, 4.69) is 0 Å². The molecule has 0 saturated carbocycles. The van der Waals surface area contributed by atoms with Crippen molar-refractivity contribution in [1.82, 2.24) is 0 Å². The number of nitrogens with two attached hydrogens (primary N) is 2. The fraction of sp³-hybridized carbons (Fsp3) is 0.333. The number of benzene rings is 1. The van der Waals surface area contributed by atoms with Crippen molar-refractivity contribution in [2.45, 2.75) is 23.4 Å². The zero-order valence-electron chi connectivity index (χ0n) is 11.3. The van der Waals surface area contributed by atoms with E-state index in [1.54, 1.807) is 0 Å². The molecular formula is C12H17ClN2O6S. The van der Waals surface area contributed by atoms with Crippen molar-refractivity contribution in [3.63, 3.8) is 0 Å². The highest BCUT2D eigenvalue weighted by Gasteiger charge is 2.18. The Balaban J connectivity index is 0.00000441. The van der Waals surface area contributed by atoms with Crippen molar-refractivity contribution in [3.05, 3.63) is 17.7 Å². The van der Waals surface area contributed by atoms with Crippen LogP contribution in [0.25, 0.3) is 0 Å². The lowest BCUT2D eigenvalue weighted by atomic mass is 10.1. The molecule has 8 nitrogen and oxygen atoms in total. The zero-order chi connectivity index (χ0) is 16.2. The molecule has 22 heavy (non-hydrogen) atoms. The number of hydrogen-bond acceptors (Lipinski definition) is 7. The van der Waals surface area contributed by atoms with Crippen molar-refractivity contribution < 1.29 is 30.0 Å². The summed E-state index contributed by atoms with van der Waals surface area (Å²) >= 11 is 0.943. The lowest BCUT2D eigenvalue weighted by molar-refractivity contribution is -0.139. The van der Waals surface area contributed by atoms with E-state index in [0.717, 1.165) is 11.8 Å². The average molecular weight is 353 g/mol. The molecule has 124 valence electrons. The van der Waals surface area contributed by atoms with Crippen LogP contribution in [0.1, 0.15) is 5.56 Å². The van der Waals surface area contributed by atoms with Gasteiger partial charge in [0.2, 0.25) is 0 Å². The summed E-state index contributed by atoms with van der Waals surface area (Å²) in [4.78, 5) is 21.5. The molecule has 2 atom stereocenters. The van der Waals surface area contributed by atoms with Crippen LogP contribution in [0, 0.1) is 0 Å². The summed E-state index contributed by atoms with van der Waals surface area (Å²) in [7, 11) is 0. The van der Waals surface area contributed by atoms with Gasteiger partial charge in [0.1, 0.15) is 12.1 Å². The Morgan fingerprint density at radius 1 is 1.09 bits per heavy atom. The number of aliphatic carboxylic acids is 2. The molecule has 0 aromatic heterocycles. The van der Waals surface area contributed by atoms with E-state index in [1.165, 1.54) is 12.1 Å². The molecule has 10 heteroatoms. The Labute approximate surface area is 136 Å². The average Bonchev–Trinajstić information content (AvgIpc) is 2.40. The van der Waals surface area contributed by atoms with Crippen molar-refractivity contribution >= 4 is 36.1 Å². The lowest BCUT2D eigenvalue weighted by Gasteiger charge is -2.12. The Morgan fingerprint density at radius 2 is 1.64 bits per heavy atom. The van der Waals surface area contributed by atoms with Crippen LogP contribution in [0.4, 0.5) is 0 Å². The van der Waals surface area contributed by atoms with Crippen molar-refractivity contribution in [1.29, 1.82) is 0 Å². The molecule has 0 aliphatic heterocycles. The van der Waals surface area contributed by atoms with E-state index in [0.29, 0.717) is 5.56 Å². The first-order valence-corrected chi connectivity index (χ1v) is 6.85. The Hall–Kier alpha value is -1.68. The van der Waals surface area contributed by atoms with Crippen LogP contribution < -0.4 is 11.5 Å². The van der Waals surface area contributed by atoms with Crippen LogP contribution in [0.15, 0.2) is 17.0 Å². The lowest BCUT2D eigenvalue weighted by Crippen LogP contribution is -2.32. The van der Waals surface area contributed by atoms with Crippen molar-refractivity contribution in [2.24, 2.45) is 11.5 Å². The first-order chi connectivity index (χ1) is 9.72. The van der Waals surface area contributed by atoms with Crippen molar-refractivity contribution in [2.75, 3.05) is 5.75 Å². The van der Waals surface area contributed by atoms with Gasteiger partial charge in [0.25, 0.3) is 0 Å². The SMILES string of the molecule is Cl.N[C@@H](CSc1cc(C[C@H](N)C(=O)O)cc(O)c1O)C(=O)O. The fourth-order valence-corrected chi connectivity index (χ4v) is 2.45. The highest BCUT2D eigenvalue weighted by atomic mass is 35.5. The van der Waals surface area contributed by atoms with Crippen LogP contribution in [-0.4, -0.2) is 50.2 Å². The van der Waals surface area contributed by atoms with Gasteiger partial charge in [-0.05, 0) is 24.1 Å². The molecule has 1 aromatic carbocycles. The Morgan fingerprint density at radius 3 is 2.14 bits per heavy atom. The molecule has 0 aliphatic carbocycles. The van der Waals surface area contributed by atoms with E-state index in [-0.39, 0.29) is 29.5 Å². The minimum absolute atomic E-state index is 0. The number of carboxylic acids is 2. The first kappa shape index (κ1) is 20.3. The molecule has 1 aromatic rings. The van der Waals surface area contributed by atoms with Gasteiger partial charge in [-0.15, -0.1) is 24.2 Å². The molecule has 1 rings (SSSR count). The quantitative estimate of drug-likeness (QED) is 0.292. The molecule has 0 bridgehead atoms. The number of thioether (sulfide) groups is 1. The smallest absolute Gasteiger partial charge is 0.321 e. The van der Waals surface area contributed by atoms with Crippen LogP contribution in [0.5, 0.6) is 11.5 Å². The number of phenols is 2. The van der Waals surface area contributed by atoms with E-state index in [9.17, 15) is 19.8 Å². The van der Waals surface area contributed by atoms with Gasteiger partial charge in [0, 0.05) is 5.75 Å². The third-order valence-corrected chi connectivity index (χ3v) is 3.77. The molecule has 0 amide bonds. The second-order valence-corrected chi connectivity index (χ2v) is 5.43. The highest BCUT2D eigenvalue weighted by Crippen LogP contribution is 2.37.